The molecule has 0 spiro atoms. The molecule has 0 saturated heterocycles. The first-order valence-corrected chi connectivity index (χ1v) is 5.95. The number of carbonyl (C=O) groups is 1. The fraction of sp³-hybridized carbons (Fsp3) is 0.900. The van der Waals surface area contributed by atoms with Crippen LogP contribution in [0.4, 0.5) is 0 Å². The first kappa shape index (κ1) is 13.8. The summed E-state index contributed by atoms with van der Waals surface area (Å²) in [7, 11) is 0. The zero-order chi connectivity index (χ0) is 11.4. The van der Waals surface area contributed by atoms with Crippen LogP contribution in [0.25, 0.3) is 0 Å². The van der Waals surface area contributed by atoms with Gasteiger partial charge in [0.1, 0.15) is 0 Å². The third kappa shape index (κ3) is 4.86. The maximum absolute atomic E-state index is 10.5. The molecule has 0 aliphatic carbocycles. The van der Waals surface area contributed by atoms with Gasteiger partial charge in [-0.15, -0.1) is 0 Å². The van der Waals surface area contributed by atoms with E-state index in [0.29, 0.717) is 11.5 Å². The van der Waals surface area contributed by atoms with Crippen molar-refractivity contribution in [1.82, 2.24) is 0 Å². The Bertz CT molecular complexity index is 190. The SMILES string of the molecule is CC(CSCC(C)(O)C(C)C)C(=O)O. The number of thioether (sulfide) groups is 1. The molecule has 2 atom stereocenters. The number of carboxylic acids is 1. The van der Waals surface area contributed by atoms with Crippen molar-refractivity contribution in [1.29, 1.82) is 0 Å². The van der Waals surface area contributed by atoms with Gasteiger partial charge in [0.2, 0.25) is 0 Å². The molecule has 0 radical (unpaired) electrons. The van der Waals surface area contributed by atoms with Crippen molar-refractivity contribution >= 4 is 17.7 Å². The zero-order valence-electron chi connectivity index (χ0n) is 9.28. The molecule has 0 bridgehead atoms. The van der Waals surface area contributed by atoms with Gasteiger partial charge in [-0.2, -0.15) is 11.8 Å². The average molecular weight is 220 g/mol. The lowest BCUT2D eigenvalue weighted by Crippen LogP contribution is -2.34. The molecule has 0 amide bonds. The van der Waals surface area contributed by atoms with E-state index in [4.69, 9.17) is 5.11 Å². The van der Waals surface area contributed by atoms with Crippen LogP contribution in [0.1, 0.15) is 27.7 Å². The second-order valence-corrected chi connectivity index (χ2v) is 5.30. The molecule has 0 rings (SSSR count). The van der Waals surface area contributed by atoms with Crippen LogP contribution < -0.4 is 0 Å². The van der Waals surface area contributed by atoms with Crippen molar-refractivity contribution in [3.63, 3.8) is 0 Å². The van der Waals surface area contributed by atoms with E-state index in [2.05, 4.69) is 0 Å². The molecule has 3 nitrogen and oxygen atoms in total. The molecule has 84 valence electrons. The van der Waals surface area contributed by atoms with Gasteiger partial charge in [-0.05, 0) is 12.8 Å². The molecule has 14 heavy (non-hydrogen) atoms. The van der Waals surface area contributed by atoms with Gasteiger partial charge in [-0.3, -0.25) is 4.79 Å². The summed E-state index contributed by atoms with van der Waals surface area (Å²) < 4.78 is 0. The zero-order valence-corrected chi connectivity index (χ0v) is 10.1. The summed E-state index contributed by atoms with van der Waals surface area (Å²) in [6.07, 6.45) is 0. The molecule has 0 fully saturated rings. The van der Waals surface area contributed by atoms with Crippen LogP contribution in [-0.4, -0.2) is 33.3 Å². The first-order valence-electron chi connectivity index (χ1n) is 4.80. The quantitative estimate of drug-likeness (QED) is 0.717. The fourth-order valence-electron chi connectivity index (χ4n) is 0.680. The number of hydrogen-bond donors (Lipinski definition) is 2. The van der Waals surface area contributed by atoms with E-state index in [1.165, 1.54) is 11.8 Å². The minimum atomic E-state index is -0.776. The molecule has 0 aromatic rings. The third-order valence-electron chi connectivity index (χ3n) is 2.43. The predicted octanol–water partition coefficient (Wildman–Crippen LogP) is 1.85. The van der Waals surface area contributed by atoms with Crippen molar-refractivity contribution in [3.05, 3.63) is 0 Å². The average Bonchev–Trinajstić information content (AvgIpc) is 2.03. The second kappa shape index (κ2) is 5.61. The molecule has 0 aromatic carbocycles. The highest BCUT2D eigenvalue weighted by molar-refractivity contribution is 7.99. The number of aliphatic carboxylic acids is 1. The number of aliphatic hydroxyl groups is 1. The van der Waals surface area contributed by atoms with Crippen LogP contribution in [0.3, 0.4) is 0 Å². The van der Waals surface area contributed by atoms with Crippen LogP contribution in [0.2, 0.25) is 0 Å². The largest absolute Gasteiger partial charge is 0.481 e. The van der Waals surface area contributed by atoms with E-state index in [0.717, 1.165) is 0 Å². The molecular weight excluding hydrogens is 200 g/mol. The van der Waals surface area contributed by atoms with E-state index < -0.39 is 11.6 Å². The van der Waals surface area contributed by atoms with Crippen molar-refractivity contribution < 1.29 is 15.0 Å². The lowest BCUT2D eigenvalue weighted by atomic mass is 9.95. The van der Waals surface area contributed by atoms with Gasteiger partial charge < -0.3 is 10.2 Å². The standard InChI is InChI=1S/C10H20O3S/c1-7(2)10(4,13)6-14-5-8(3)9(11)12/h7-8,13H,5-6H2,1-4H3,(H,11,12). The Morgan fingerprint density at radius 1 is 1.43 bits per heavy atom. The Hall–Kier alpha value is -0.220. The predicted molar refractivity (Wildman–Crippen MR) is 59.6 cm³/mol. The Labute approximate surface area is 89.9 Å². The van der Waals surface area contributed by atoms with Crippen molar-refractivity contribution in [2.75, 3.05) is 11.5 Å². The van der Waals surface area contributed by atoms with Crippen LogP contribution in [0, 0.1) is 11.8 Å². The van der Waals surface area contributed by atoms with Gasteiger partial charge >= 0.3 is 5.97 Å². The number of carboxylic acid groups (broad SMARTS) is 1. The highest BCUT2D eigenvalue weighted by Crippen LogP contribution is 2.22. The molecule has 0 heterocycles. The molecule has 2 unspecified atom stereocenters. The summed E-state index contributed by atoms with van der Waals surface area (Å²) >= 11 is 1.49. The highest BCUT2D eigenvalue weighted by atomic mass is 32.2. The van der Waals surface area contributed by atoms with E-state index in [-0.39, 0.29) is 11.8 Å². The van der Waals surface area contributed by atoms with Crippen molar-refractivity contribution in [2.24, 2.45) is 11.8 Å². The number of rotatable bonds is 6. The van der Waals surface area contributed by atoms with E-state index >= 15 is 0 Å². The van der Waals surface area contributed by atoms with Crippen molar-refractivity contribution in [3.8, 4) is 0 Å². The molecular formula is C10H20O3S. The normalized spacial score (nSPS) is 17.9. The smallest absolute Gasteiger partial charge is 0.307 e. The van der Waals surface area contributed by atoms with Gasteiger partial charge in [-0.25, -0.2) is 0 Å². The van der Waals surface area contributed by atoms with E-state index in [9.17, 15) is 9.90 Å². The van der Waals surface area contributed by atoms with Gasteiger partial charge in [0.05, 0.1) is 11.5 Å². The molecule has 0 aromatic heterocycles. The van der Waals surface area contributed by atoms with Crippen molar-refractivity contribution in [2.45, 2.75) is 33.3 Å². The van der Waals surface area contributed by atoms with Crippen LogP contribution in [0.15, 0.2) is 0 Å². The molecule has 4 heteroatoms. The Morgan fingerprint density at radius 3 is 2.29 bits per heavy atom. The highest BCUT2D eigenvalue weighted by Gasteiger charge is 2.25. The topological polar surface area (TPSA) is 57.5 Å². The summed E-state index contributed by atoms with van der Waals surface area (Å²) in [5.74, 6) is 0.209. The molecule has 0 aliphatic rings. The minimum Gasteiger partial charge on any atom is -0.481 e. The summed E-state index contributed by atoms with van der Waals surface area (Å²) in [6, 6.07) is 0. The molecule has 0 aliphatic heterocycles. The second-order valence-electron chi connectivity index (χ2n) is 4.27. The summed E-state index contributed by atoms with van der Waals surface area (Å²) in [5, 5.41) is 18.5. The maximum atomic E-state index is 10.5. The van der Waals surface area contributed by atoms with E-state index in [1.54, 1.807) is 13.8 Å². The lowest BCUT2D eigenvalue weighted by Gasteiger charge is -2.27. The van der Waals surface area contributed by atoms with Gasteiger partial charge in [0.15, 0.2) is 0 Å². The Balaban J connectivity index is 3.79. The summed E-state index contributed by atoms with van der Waals surface area (Å²) in [6.45, 7) is 7.39. The van der Waals surface area contributed by atoms with Gasteiger partial charge in [0.25, 0.3) is 0 Å². The number of hydrogen-bond acceptors (Lipinski definition) is 3. The Kier molecular flexibility index (Phi) is 5.52. The van der Waals surface area contributed by atoms with Gasteiger partial charge in [0, 0.05) is 11.5 Å². The fourth-order valence-corrected chi connectivity index (χ4v) is 2.04. The van der Waals surface area contributed by atoms with Crippen LogP contribution in [0.5, 0.6) is 0 Å². The molecule has 2 N–H and O–H groups in total. The van der Waals surface area contributed by atoms with E-state index in [1.807, 2.05) is 13.8 Å². The maximum Gasteiger partial charge on any atom is 0.307 e. The minimum absolute atomic E-state index is 0.190. The summed E-state index contributed by atoms with van der Waals surface area (Å²) in [5.41, 5.74) is -0.705. The third-order valence-corrected chi connectivity index (χ3v) is 3.95. The Morgan fingerprint density at radius 2 is 1.93 bits per heavy atom. The monoisotopic (exact) mass is 220 g/mol. The van der Waals surface area contributed by atoms with Crippen LogP contribution >= 0.6 is 11.8 Å². The summed E-state index contributed by atoms with van der Waals surface area (Å²) in [4.78, 5) is 10.5. The lowest BCUT2D eigenvalue weighted by molar-refractivity contribution is -0.140. The van der Waals surface area contributed by atoms with Gasteiger partial charge in [-0.1, -0.05) is 20.8 Å². The van der Waals surface area contributed by atoms with Crippen LogP contribution in [-0.2, 0) is 4.79 Å². The first-order chi connectivity index (χ1) is 6.27. The molecule has 0 saturated carbocycles.